The van der Waals surface area contributed by atoms with Gasteiger partial charge in [0, 0.05) is 11.7 Å². The summed E-state index contributed by atoms with van der Waals surface area (Å²) in [7, 11) is 0. The zero-order valence-electron chi connectivity index (χ0n) is 10.6. The Morgan fingerprint density at radius 2 is 2.26 bits per heavy atom. The van der Waals surface area contributed by atoms with Gasteiger partial charge in [0.05, 0.1) is 6.26 Å². The second kappa shape index (κ2) is 4.53. The van der Waals surface area contributed by atoms with Crippen LogP contribution >= 0.6 is 0 Å². The van der Waals surface area contributed by atoms with Gasteiger partial charge in [0.2, 0.25) is 0 Å². The molecule has 1 atom stereocenters. The second-order valence-corrected chi connectivity index (χ2v) is 4.81. The number of amides is 1. The van der Waals surface area contributed by atoms with Gasteiger partial charge in [0.15, 0.2) is 5.76 Å². The van der Waals surface area contributed by atoms with Crippen LogP contribution in [0.5, 0.6) is 0 Å². The molecule has 3 rings (SSSR count). The van der Waals surface area contributed by atoms with Gasteiger partial charge in [0.1, 0.15) is 5.82 Å². The van der Waals surface area contributed by atoms with E-state index in [9.17, 15) is 9.18 Å². The van der Waals surface area contributed by atoms with Crippen LogP contribution in [0, 0.1) is 5.82 Å². The van der Waals surface area contributed by atoms with Gasteiger partial charge in [-0.2, -0.15) is 0 Å². The predicted octanol–water partition coefficient (Wildman–Crippen LogP) is 3.40. The molecule has 0 aliphatic carbocycles. The average Bonchev–Trinajstić information content (AvgIpc) is 2.92. The van der Waals surface area contributed by atoms with Crippen LogP contribution in [0.4, 0.5) is 10.1 Å². The maximum absolute atomic E-state index is 13.3. The number of carbonyl (C=O) groups is 1. The van der Waals surface area contributed by atoms with E-state index in [-0.39, 0.29) is 17.8 Å². The van der Waals surface area contributed by atoms with Gasteiger partial charge in [-0.3, -0.25) is 4.79 Å². The van der Waals surface area contributed by atoms with Crippen LogP contribution in [0.25, 0.3) is 0 Å². The van der Waals surface area contributed by atoms with Crippen LogP contribution in [0.15, 0.2) is 41.0 Å². The molecule has 3 nitrogen and oxygen atoms in total. The van der Waals surface area contributed by atoms with E-state index >= 15 is 0 Å². The number of fused-ring (bicyclic) bond motifs is 1. The van der Waals surface area contributed by atoms with E-state index < -0.39 is 0 Å². The van der Waals surface area contributed by atoms with Crippen molar-refractivity contribution in [2.24, 2.45) is 0 Å². The fourth-order valence-electron chi connectivity index (χ4n) is 2.55. The van der Waals surface area contributed by atoms with E-state index in [1.165, 1.54) is 18.4 Å². The molecule has 1 aromatic heterocycles. The maximum Gasteiger partial charge on any atom is 0.294 e. The third-order valence-corrected chi connectivity index (χ3v) is 3.52. The second-order valence-electron chi connectivity index (χ2n) is 4.81. The smallest absolute Gasteiger partial charge is 0.294 e. The molecule has 19 heavy (non-hydrogen) atoms. The fourth-order valence-corrected chi connectivity index (χ4v) is 2.55. The number of benzene rings is 1. The summed E-state index contributed by atoms with van der Waals surface area (Å²) in [6.45, 7) is 1.99. The Morgan fingerprint density at radius 3 is 3.00 bits per heavy atom. The summed E-state index contributed by atoms with van der Waals surface area (Å²) in [6.07, 6.45) is 3.09. The molecule has 0 spiro atoms. The standard InChI is InChI=1S/C15H14FNO2/c1-10-4-5-11-9-12(16)6-7-13(11)17(10)15(18)14-3-2-8-19-14/h2-3,6-10H,4-5H2,1H3/t10-/m1/s1. The minimum Gasteiger partial charge on any atom is -0.459 e. The Balaban J connectivity index is 2.04. The van der Waals surface area contributed by atoms with Crippen molar-refractivity contribution in [3.8, 4) is 0 Å². The van der Waals surface area contributed by atoms with Gasteiger partial charge in [-0.1, -0.05) is 0 Å². The highest BCUT2D eigenvalue weighted by molar-refractivity contribution is 6.05. The summed E-state index contributed by atoms with van der Waals surface area (Å²) < 4.78 is 18.4. The van der Waals surface area contributed by atoms with E-state index in [1.54, 1.807) is 23.1 Å². The molecule has 0 unspecified atom stereocenters. The van der Waals surface area contributed by atoms with Gasteiger partial charge in [-0.25, -0.2) is 4.39 Å². The minimum absolute atomic E-state index is 0.0792. The minimum atomic E-state index is -0.265. The first-order valence-electron chi connectivity index (χ1n) is 6.32. The van der Waals surface area contributed by atoms with Gasteiger partial charge in [0.25, 0.3) is 5.91 Å². The molecule has 2 aromatic rings. The number of hydrogen-bond acceptors (Lipinski definition) is 2. The number of furan rings is 1. The summed E-state index contributed by atoms with van der Waals surface area (Å²) in [4.78, 5) is 14.1. The van der Waals surface area contributed by atoms with E-state index in [4.69, 9.17) is 4.42 Å². The summed E-state index contributed by atoms with van der Waals surface area (Å²) >= 11 is 0. The first-order chi connectivity index (χ1) is 9.16. The topological polar surface area (TPSA) is 33.5 Å². The Kier molecular flexibility index (Phi) is 2.85. The normalized spacial score (nSPS) is 18.2. The molecule has 2 heterocycles. The predicted molar refractivity (Wildman–Crippen MR) is 69.7 cm³/mol. The highest BCUT2D eigenvalue weighted by atomic mass is 19.1. The molecule has 0 saturated carbocycles. The molecule has 0 bridgehead atoms. The molecular formula is C15H14FNO2. The Hall–Kier alpha value is -2.10. The number of hydrogen-bond donors (Lipinski definition) is 0. The highest BCUT2D eigenvalue weighted by Gasteiger charge is 2.30. The quantitative estimate of drug-likeness (QED) is 0.786. The van der Waals surface area contributed by atoms with Crippen molar-refractivity contribution >= 4 is 11.6 Å². The molecular weight excluding hydrogens is 245 g/mol. The number of aryl methyl sites for hydroxylation is 1. The lowest BCUT2D eigenvalue weighted by Crippen LogP contribution is -2.42. The van der Waals surface area contributed by atoms with E-state index in [0.29, 0.717) is 5.76 Å². The van der Waals surface area contributed by atoms with Gasteiger partial charge >= 0.3 is 0 Å². The first-order valence-corrected chi connectivity index (χ1v) is 6.32. The average molecular weight is 259 g/mol. The molecule has 1 aromatic carbocycles. The monoisotopic (exact) mass is 259 g/mol. The molecule has 0 fully saturated rings. The fraction of sp³-hybridized carbons (Fsp3) is 0.267. The molecule has 0 N–H and O–H groups in total. The van der Waals surface area contributed by atoms with Crippen LogP contribution in [0.1, 0.15) is 29.5 Å². The third kappa shape index (κ3) is 2.03. The van der Waals surface area contributed by atoms with Crippen LogP contribution in [0.2, 0.25) is 0 Å². The SMILES string of the molecule is C[C@@H]1CCc2cc(F)ccc2N1C(=O)c1ccco1. The lowest BCUT2D eigenvalue weighted by Gasteiger charge is -2.34. The zero-order valence-corrected chi connectivity index (χ0v) is 10.6. The molecule has 4 heteroatoms. The van der Waals surface area contributed by atoms with Gasteiger partial charge in [-0.05, 0) is 55.7 Å². The summed E-state index contributed by atoms with van der Waals surface area (Å²) in [5.74, 6) is -0.132. The van der Waals surface area contributed by atoms with Crippen molar-refractivity contribution in [3.63, 3.8) is 0 Å². The number of rotatable bonds is 1. The Bertz CT molecular complexity index is 607. The Morgan fingerprint density at radius 1 is 1.42 bits per heavy atom. The third-order valence-electron chi connectivity index (χ3n) is 3.52. The van der Waals surface area contributed by atoms with E-state index in [0.717, 1.165) is 24.1 Å². The van der Waals surface area contributed by atoms with Crippen LogP contribution in [0.3, 0.4) is 0 Å². The van der Waals surface area contributed by atoms with Crippen molar-refractivity contribution < 1.29 is 13.6 Å². The molecule has 1 aliphatic heterocycles. The molecule has 1 aliphatic rings. The molecule has 1 amide bonds. The Labute approximate surface area is 110 Å². The van der Waals surface area contributed by atoms with Crippen molar-refractivity contribution in [3.05, 3.63) is 53.7 Å². The van der Waals surface area contributed by atoms with Crippen molar-refractivity contribution in [1.82, 2.24) is 0 Å². The number of nitrogens with zero attached hydrogens (tertiary/aromatic N) is 1. The van der Waals surface area contributed by atoms with Crippen LogP contribution in [-0.4, -0.2) is 11.9 Å². The molecule has 0 saturated heterocycles. The van der Waals surface area contributed by atoms with Crippen molar-refractivity contribution in [2.45, 2.75) is 25.8 Å². The summed E-state index contributed by atoms with van der Waals surface area (Å²) in [6, 6.07) is 7.97. The van der Waals surface area contributed by atoms with E-state index in [2.05, 4.69) is 0 Å². The van der Waals surface area contributed by atoms with E-state index in [1.807, 2.05) is 6.92 Å². The van der Waals surface area contributed by atoms with Crippen LogP contribution in [-0.2, 0) is 6.42 Å². The van der Waals surface area contributed by atoms with Gasteiger partial charge < -0.3 is 9.32 Å². The largest absolute Gasteiger partial charge is 0.459 e. The highest BCUT2D eigenvalue weighted by Crippen LogP contribution is 2.32. The maximum atomic E-state index is 13.3. The summed E-state index contributed by atoms with van der Waals surface area (Å²) in [5, 5.41) is 0. The van der Waals surface area contributed by atoms with Crippen LogP contribution < -0.4 is 4.90 Å². The van der Waals surface area contributed by atoms with Crippen molar-refractivity contribution in [2.75, 3.05) is 4.90 Å². The number of anilines is 1. The number of carbonyl (C=O) groups excluding carboxylic acids is 1. The van der Waals surface area contributed by atoms with Gasteiger partial charge in [-0.15, -0.1) is 0 Å². The zero-order chi connectivity index (χ0) is 13.4. The molecule has 0 radical (unpaired) electrons. The van der Waals surface area contributed by atoms with Crippen molar-refractivity contribution in [1.29, 1.82) is 0 Å². The lowest BCUT2D eigenvalue weighted by atomic mass is 9.96. The first kappa shape index (κ1) is 12.0. The number of halogens is 1. The molecule has 98 valence electrons. The summed E-state index contributed by atoms with van der Waals surface area (Å²) in [5.41, 5.74) is 1.65. The lowest BCUT2D eigenvalue weighted by molar-refractivity contribution is 0.0948.